The summed E-state index contributed by atoms with van der Waals surface area (Å²) in [4.78, 5) is 2.87. The fourth-order valence-corrected chi connectivity index (χ4v) is 4.43. The van der Waals surface area contributed by atoms with Gasteiger partial charge in [0, 0.05) is 25.2 Å². The molecule has 2 unspecified atom stereocenters. The van der Waals surface area contributed by atoms with Gasteiger partial charge in [0.1, 0.15) is 0 Å². The van der Waals surface area contributed by atoms with Crippen molar-refractivity contribution in [3.05, 3.63) is 0 Å². The van der Waals surface area contributed by atoms with Crippen LogP contribution in [-0.4, -0.2) is 36.6 Å². The molecule has 2 nitrogen and oxygen atoms in total. The summed E-state index contributed by atoms with van der Waals surface area (Å²) in [6.45, 7) is 10.9. The predicted molar refractivity (Wildman–Crippen MR) is 92.7 cm³/mol. The molecule has 1 saturated heterocycles. The lowest BCUT2D eigenvalue weighted by Crippen LogP contribution is -2.59. The van der Waals surface area contributed by atoms with Crippen molar-refractivity contribution >= 4 is 0 Å². The van der Waals surface area contributed by atoms with Gasteiger partial charge in [0.05, 0.1) is 0 Å². The van der Waals surface area contributed by atoms with Crippen molar-refractivity contribution in [1.29, 1.82) is 0 Å². The minimum atomic E-state index is 0.728. The van der Waals surface area contributed by atoms with Gasteiger partial charge >= 0.3 is 0 Å². The summed E-state index contributed by atoms with van der Waals surface area (Å²) in [6.07, 6.45) is 12.8. The van der Waals surface area contributed by atoms with Crippen LogP contribution in [0.2, 0.25) is 0 Å². The second-order valence-electron chi connectivity index (χ2n) is 7.90. The van der Waals surface area contributed by atoms with Gasteiger partial charge in [0.15, 0.2) is 0 Å². The van der Waals surface area contributed by atoms with Gasteiger partial charge in [-0.1, -0.05) is 52.9 Å². The van der Waals surface area contributed by atoms with Crippen molar-refractivity contribution in [3.63, 3.8) is 0 Å². The van der Waals surface area contributed by atoms with Crippen molar-refractivity contribution in [2.75, 3.05) is 19.6 Å². The standard InChI is InChI=1S/C19H38N2/c1-4-5-9-12-21-15-18(13-16(2)3)20-14-19(21)17-10-7-6-8-11-17/h16-20H,4-15H2,1-3H3. The first-order chi connectivity index (χ1) is 10.2. The van der Waals surface area contributed by atoms with Crippen LogP contribution in [0, 0.1) is 11.8 Å². The molecule has 1 saturated carbocycles. The SMILES string of the molecule is CCCCCN1CC(CC(C)C)NCC1C1CCCCC1. The Morgan fingerprint density at radius 2 is 1.86 bits per heavy atom. The molecule has 0 spiro atoms. The molecule has 2 rings (SSSR count). The van der Waals surface area contributed by atoms with E-state index >= 15 is 0 Å². The maximum atomic E-state index is 3.88. The minimum absolute atomic E-state index is 0.728. The molecule has 0 amide bonds. The van der Waals surface area contributed by atoms with Crippen LogP contribution in [0.3, 0.4) is 0 Å². The molecule has 21 heavy (non-hydrogen) atoms. The Labute approximate surface area is 133 Å². The van der Waals surface area contributed by atoms with Gasteiger partial charge in [0.2, 0.25) is 0 Å². The maximum Gasteiger partial charge on any atom is 0.0249 e. The predicted octanol–water partition coefficient (Wildman–Crippen LogP) is 4.45. The number of nitrogens with zero attached hydrogens (tertiary/aromatic N) is 1. The van der Waals surface area contributed by atoms with E-state index in [4.69, 9.17) is 0 Å². The van der Waals surface area contributed by atoms with E-state index in [1.165, 1.54) is 77.4 Å². The molecule has 1 N–H and O–H groups in total. The molecule has 2 atom stereocenters. The Morgan fingerprint density at radius 1 is 1.10 bits per heavy atom. The number of piperazine rings is 1. The summed E-state index contributed by atoms with van der Waals surface area (Å²) in [5, 5.41) is 3.88. The highest BCUT2D eigenvalue weighted by atomic mass is 15.2. The monoisotopic (exact) mass is 294 g/mol. The molecule has 1 heterocycles. The fourth-order valence-electron chi connectivity index (χ4n) is 4.43. The first kappa shape index (κ1) is 17.3. The molecule has 1 aliphatic carbocycles. The summed E-state index contributed by atoms with van der Waals surface area (Å²) in [5.74, 6) is 1.78. The van der Waals surface area contributed by atoms with E-state index in [0.29, 0.717) is 0 Å². The van der Waals surface area contributed by atoms with Gasteiger partial charge in [0.25, 0.3) is 0 Å². The zero-order valence-corrected chi connectivity index (χ0v) is 14.7. The van der Waals surface area contributed by atoms with Gasteiger partial charge in [-0.2, -0.15) is 0 Å². The van der Waals surface area contributed by atoms with Crippen LogP contribution in [0.15, 0.2) is 0 Å². The Balaban J connectivity index is 1.90. The zero-order chi connectivity index (χ0) is 15.1. The molecule has 2 aliphatic rings. The van der Waals surface area contributed by atoms with Crippen LogP contribution >= 0.6 is 0 Å². The number of hydrogen-bond donors (Lipinski definition) is 1. The Kier molecular flexibility index (Phi) is 7.53. The van der Waals surface area contributed by atoms with Crippen LogP contribution in [0.25, 0.3) is 0 Å². The van der Waals surface area contributed by atoms with E-state index in [9.17, 15) is 0 Å². The second kappa shape index (κ2) is 9.15. The average molecular weight is 295 g/mol. The molecule has 0 aromatic carbocycles. The van der Waals surface area contributed by atoms with Crippen molar-refractivity contribution in [2.24, 2.45) is 11.8 Å². The van der Waals surface area contributed by atoms with E-state index in [0.717, 1.165) is 23.9 Å². The topological polar surface area (TPSA) is 15.3 Å². The molecule has 2 fully saturated rings. The van der Waals surface area contributed by atoms with E-state index < -0.39 is 0 Å². The molecule has 0 radical (unpaired) electrons. The highest BCUT2D eigenvalue weighted by Crippen LogP contribution is 2.31. The Morgan fingerprint density at radius 3 is 2.52 bits per heavy atom. The Hall–Kier alpha value is -0.0800. The molecule has 124 valence electrons. The van der Waals surface area contributed by atoms with Crippen molar-refractivity contribution < 1.29 is 0 Å². The summed E-state index contributed by atoms with van der Waals surface area (Å²) < 4.78 is 0. The van der Waals surface area contributed by atoms with Crippen molar-refractivity contribution in [2.45, 2.75) is 90.6 Å². The molecule has 0 aromatic heterocycles. The molecule has 0 aromatic rings. The fraction of sp³-hybridized carbons (Fsp3) is 1.00. The third-order valence-corrected chi connectivity index (χ3v) is 5.54. The number of hydrogen-bond acceptors (Lipinski definition) is 2. The lowest BCUT2D eigenvalue weighted by atomic mass is 9.81. The van der Waals surface area contributed by atoms with Crippen LogP contribution < -0.4 is 5.32 Å². The van der Waals surface area contributed by atoms with Gasteiger partial charge in [-0.05, 0) is 44.1 Å². The summed E-state index contributed by atoms with van der Waals surface area (Å²) in [5.41, 5.74) is 0. The van der Waals surface area contributed by atoms with Crippen molar-refractivity contribution in [3.8, 4) is 0 Å². The molecule has 1 aliphatic heterocycles. The number of rotatable bonds is 7. The minimum Gasteiger partial charge on any atom is -0.311 e. The summed E-state index contributed by atoms with van der Waals surface area (Å²) >= 11 is 0. The third-order valence-electron chi connectivity index (χ3n) is 5.54. The smallest absolute Gasteiger partial charge is 0.0249 e. The lowest BCUT2D eigenvalue weighted by Gasteiger charge is -2.45. The first-order valence-electron chi connectivity index (χ1n) is 9.68. The first-order valence-corrected chi connectivity index (χ1v) is 9.68. The van der Waals surface area contributed by atoms with E-state index in [2.05, 4.69) is 31.0 Å². The van der Waals surface area contributed by atoms with E-state index in [1.807, 2.05) is 0 Å². The largest absolute Gasteiger partial charge is 0.311 e. The van der Waals surface area contributed by atoms with E-state index in [-0.39, 0.29) is 0 Å². The van der Waals surface area contributed by atoms with Crippen LogP contribution in [-0.2, 0) is 0 Å². The highest BCUT2D eigenvalue weighted by Gasteiger charge is 2.33. The summed E-state index contributed by atoms with van der Waals surface area (Å²) in [7, 11) is 0. The van der Waals surface area contributed by atoms with Gasteiger partial charge in [-0.3, -0.25) is 4.90 Å². The molecular weight excluding hydrogens is 256 g/mol. The second-order valence-corrected chi connectivity index (χ2v) is 7.90. The van der Waals surface area contributed by atoms with Gasteiger partial charge < -0.3 is 5.32 Å². The third kappa shape index (κ3) is 5.56. The molecular formula is C19H38N2. The molecule has 2 heteroatoms. The lowest BCUT2D eigenvalue weighted by molar-refractivity contribution is 0.0657. The number of unbranched alkanes of at least 4 members (excludes halogenated alkanes) is 2. The van der Waals surface area contributed by atoms with Gasteiger partial charge in [-0.25, -0.2) is 0 Å². The van der Waals surface area contributed by atoms with Crippen LogP contribution in [0.4, 0.5) is 0 Å². The van der Waals surface area contributed by atoms with Gasteiger partial charge in [-0.15, -0.1) is 0 Å². The maximum absolute atomic E-state index is 3.88. The zero-order valence-electron chi connectivity index (χ0n) is 14.7. The van der Waals surface area contributed by atoms with Crippen LogP contribution in [0.1, 0.15) is 78.6 Å². The summed E-state index contributed by atoms with van der Waals surface area (Å²) in [6, 6.07) is 1.55. The highest BCUT2D eigenvalue weighted by molar-refractivity contribution is 4.91. The van der Waals surface area contributed by atoms with E-state index in [1.54, 1.807) is 0 Å². The quantitative estimate of drug-likeness (QED) is 0.698. The number of nitrogens with one attached hydrogen (secondary N) is 1. The Bertz CT molecular complexity index is 271. The van der Waals surface area contributed by atoms with Crippen molar-refractivity contribution in [1.82, 2.24) is 10.2 Å². The molecule has 0 bridgehead atoms. The van der Waals surface area contributed by atoms with Crippen LogP contribution in [0.5, 0.6) is 0 Å². The normalized spacial score (nSPS) is 29.1. The average Bonchev–Trinajstić information content (AvgIpc) is 2.48.